The molecule has 33 heavy (non-hydrogen) atoms. The van der Waals surface area contributed by atoms with Crippen molar-refractivity contribution in [3.05, 3.63) is 72.6 Å². The van der Waals surface area contributed by atoms with E-state index in [0.717, 1.165) is 22.3 Å². The molecule has 9 heteroatoms. The van der Waals surface area contributed by atoms with E-state index in [4.69, 9.17) is 10.5 Å². The number of nitrogens with zero attached hydrogens (tertiary/aromatic N) is 4. The van der Waals surface area contributed by atoms with E-state index in [1.54, 1.807) is 12.4 Å². The van der Waals surface area contributed by atoms with Crippen molar-refractivity contribution in [1.82, 2.24) is 19.3 Å². The zero-order valence-corrected chi connectivity index (χ0v) is 18.6. The molecule has 0 spiro atoms. The van der Waals surface area contributed by atoms with E-state index in [1.807, 2.05) is 54.6 Å². The van der Waals surface area contributed by atoms with Crippen molar-refractivity contribution in [2.45, 2.75) is 18.3 Å². The second kappa shape index (κ2) is 9.05. The van der Waals surface area contributed by atoms with Crippen LogP contribution in [0.5, 0.6) is 0 Å². The third-order valence-electron chi connectivity index (χ3n) is 5.90. The molecule has 8 nitrogen and oxygen atoms in total. The zero-order chi connectivity index (χ0) is 22.7. The van der Waals surface area contributed by atoms with Gasteiger partial charge in [0, 0.05) is 48.3 Å². The highest BCUT2D eigenvalue weighted by atomic mass is 32.1. The molecular weight excluding hydrogens is 436 g/mol. The van der Waals surface area contributed by atoms with Crippen molar-refractivity contribution < 1.29 is 9.53 Å². The van der Waals surface area contributed by atoms with Crippen LogP contribution in [0.15, 0.2) is 67.0 Å². The number of nitrogens with two attached hydrogens (primary N) is 1. The van der Waals surface area contributed by atoms with Gasteiger partial charge in [-0.2, -0.15) is 9.36 Å². The van der Waals surface area contributed by atoms with Crippen molar-refractivity contribution >= 4 is 28.5 Å². The van der Waals surface area contributed by atoms with Gasteiger partial charge in [0.15, 0.2) is 5.82 Å². The molecule has 4 aromatic rings. The second-order valence-corrected chi connectivity index (χ2v) is 8.60. The number of hydrogen-bond donors (Lipinski definition) is 2. The number of nitrogens with one attached hydrogen (secondary N) is 1. The molecule has 1 aliphatic heterocycles. The molecule has 0 atom stereocenters. The fourth-order valence-electron chi connectivity index (χ4n) is 4.03. The van der Waals surface area contributed by atoms with Gasteiger partial charge in [0.2, 0.25) is 17.0 Å². The number of benzene rings is 2. The van der Waals surface area contributed by atoms with Gasteiger partial charge < -0.3 is 10.5 Å². The van der Waals surface area contributed by atoms with Gasteiger partial charge >= 0.3 is 0 Å². The predicted octanol–water partition coefficient (Wildman–Crippen LogP) is 3.93. The zero-order valence-electron chi connectivity index (χ0n) is 17.8. The van der Waals surface area contributed by atoms with Crippen LogP contribution in [0, 0.1) is 0 Å². The monoisotopic (exact) mass is 458 g/mol. The van der Waals surface area contributed by atoms with Crippen molar-refractivity contribution in [3.63, 3.8) is 0 Å². The molecule has 3 heterocycles. The minimum atomic E-state index is -0.701. The number of anilines is 2. The van der Waals surface area contributed by atoms with Crippen LogP contribution in [0.25, 0.3) is 22.5 Å². The Morgan fingerprint density at radius 2 is 1.64 bits per heavy atom. The number of nitrogen functional groups attached to an aromatic ring is 1. The summed E-state index contributed by atoms with van der Waals surface area (Å²) in [5, 5.41) is 3.50. The number of rotatable bonds is 5. The molecular formula is C24H22N6O2S. The van der Waals surface area contributed by atoms with Gasteiger partial charge in [0.1, 0.15) is 0 Å². The maximum absolute atomic E-state index is 13.6. The molecule has 2 aromatic heterocycles. The van der Waals surface area contributed by atoms with Crippen LogP contribution < -0.4 is 11.1 Å². The lowest BCUT2D eigenvalue weighted by atomic mass is 9.73. The molecule has 0 unspecified atom stereocenters. The molecule has 0 bridgehead atoms. The summed E-state index contributed by atoms with van der Waals surface area (Å²) >= 11 is 1.18. The van der Waals surface area contributed by atoms with Crippen LogP contribution in [-0.4, -0.2) is 38.4 Å². The van der Waals surface area contributed by atoms with Gasteiger partial charge in [0.25, 0.3) is 0 Å². The van der Waals surface area contributed by atoms with Crippen LogP contribution in [0.1, 0.15) is 18.4 Å². The van der Waals surface area contributed by atoms with E-state index < -0.39 is 5.41 Å². The first-order valence-corrected chi connectivity index (χ1v) is 11.4. The Hall–Kier alpha value is -3.69. The van der Waals surface area contributed by atoms with Gasteiger partial charge in [-0.3, -0.25) is 10.1 Å². The summed E-state index contributed by atoms with van der Waals surface area (Å²) < 4.78 is 9.98. The quantitative estimate of drug-likeness (QED) is 0.465. The summed E-state index contributed by atoms with van der Waals surface area (Å²) in [5.41, 5.74) is 8.56. The molecule has 0 aliphatic carbocycles. The van der Waals surface area contributed by atoms with E-state index in [1.165, 1.54) is 11.5 Å². The summed E-state index contributed by atoms with van der Waals surface area (Å²) in [6, 6.07) is 17.7. The van der Waals surface area contributed by atoms with E-state index in [9.17, 15) is 4.79 Å². The lowest BCUT2D eigenvalue weighted by Gasteiger charge is -2.36. The minimum Gasteiger partial charge on any atom is -0.381 e. The predicted molar refractivity (Wildman–Crippen MR) is 128 cm³/mol. The number of ether oxygens (including phenoxy) is 1. The van der Waals surface area contributed by atoms with Gasteiger partial charge in [0.05, 0.1) is 5.41 Å². The number of carbonyl (C=O) groups excluding carboxylic acids is 1. The Morgan fingerprint density at radius 1 is 0.939 bits per heavy atom. The first-order chi connectivity index (χ1) is 16.1. The van der Waals surface area contributed by atoms with Crippen molar-refractivity contribution in [2.24, 2.45) is 0 Å². The molecule has 1 saturated heterocycles. The number of carbonyl (C=O) groups is 1. The van der Waals surface area contributed by atoms with E-state index in [0.29, 0.717) is 37.0 Å². The lowest BCUT2D eigenvalue weighted by Crippen LogP contribution is -2.44. The number of hydrogen-bond acceptors (Lipinski definition) is 8. The molecule has 1 fully saturated rings. The lowest BCUT2D eigenvalue weighted by molar-refractivity contribution is -0.125. The average Bonchev–Trinajstić information content (AvgIpc) is 3.34. The Bertz CT molecular complexity index is 1240. The Kier molecular flexibility index (Phi) is 5.80. The molecule has 1 aliphatic rings. The van der Waals surface area contributed by atoms with Crippen LogP contribution in [0.3, 0.4) is 0 Å². The molecule has 5 rings (SSSR count). The maximum atomic E-state index is 13.6. The van der Waals surface area contributed by atoms with Gasteiger partial charge in [-0.15, -0.1) is 0 Å². The highest BCUT2D eigenvalue weighted by Gasteiger charge is 2.42. The summed E-state index contributed by atoms with van der Waals surface area (Å²) in [4.78, 5) is 26.2. The van der Waals surface area contributed by atoms with Crippen LogP contribution in [-0.2, 0) is 14.9 Å². The van der Waals surface area contributed by atoms with Gasteiger partial charge in [-0.25, -0.2) is 9.97 Å². The third-order valence-corrected chi connectivity index (χ3v) is 6.53. The number of amides is 1. The summed E-state index contributed by atoms with van der Waals surface area (Å²) in [6.07, 6.45) is 4.56. The smallest absolute Gasteiger partial charge is 0.237 e. The maximum Gasteiger partial charge on any atom is 0.237 e. The third kappa shape index (κ3) is 4.33. The van der Waals surface area contributed by atoms with E-state index in [-0.39, 0.29) is 11.9 Å². The van der Waals surface area contributed by atoms with Gasteiger partial charge in [-0.1, -0.05) is 54.6 Å². The van der Waals surface area contributed by atoms with Crippen molar-refractivity contribution in [2.75, 3.05) is 24.3 Å². The Morgan fingerprint density at radius 3 is 2.33 bits per heavy atom. The first kappa shape index (κ1) is 21.2. The fraction of sp³-hybridized carbons (Fsp3) is 0.208. The Labute approximate surface area is 195 Å². The Balaban J connectivity index is 1.40. The van der Waals surface area contributed by atoms with Crippen LogP contribution in [0.4, 0.5) is 11.1 Å². The summed E-state index contributed by atoms with van der Waals surface area (Å²) in [5.74, 6) is 0.748. The molecule has 166 valence electrons. The van der Waals surface area contributed by atoms with Crippen LogP contribution >= 0.6 is 11.5 Å². The summed E-state index contributed by atoms with van der Waals surface area (Å²) in [6.45, 7) is 1.04. The topological polar surface area (TPSA) is 116 Å². The van der Waals surface area contributed by atoms with Gasteiger partial charge in [-0.05, 0) is 24.0 Å². The SMILES string of the molecule is Nc1ncc(-c2ccc(C3(C(=O)Nc4nc(-c5ccccc5)ns4)CCOCC3)cc2)cn1. The average molecular weight is 459 g/mol. The van der Waals surface area contributed by atoms with E-state index >= 15 is 0 Å². The molecule has 0 saturated carbocycles. The highest BCUT2D eigenvalue weighted by Crippen LogP contribution is 2.37. The standard InChI is InChI=1S/C24H22N6O2S/c25-22-26-14-18(15-27-22)16-6-8-19(9-7-16)24(10-12-32-13-11-24)21(31)29-23-28-20(30-33-23)17-4-2-1-3-5-17/h1-9,14-15H,10-13H2,(H2,25,26,27)(H,28,29,30,31). The van der Waals surface area contributed by atoms with Crippen LogP contribution in [0.2, 0.25) is 0 Å². The second-order valence-electron chi connectivity index (χ2n) is 7.85. The minimum absolute atomic E-state index is 0.0925. The fourth-order valence-corrected chi connectivity index (χ4v) is 4.62. The molecule has 1 amide bonds. The van der Waals surface area contributed by atoms with Crippen molar-refractivity contribution in [3.8, 4) is 22.5 Å². The highest BCUT2D eigenvalue weighted by molar-refractivity contribution is 7.10. The largest absolute Gasteiger partial charge is 0.381 e. The number of aromatic nitrogens is 4. The van der Waals surface area contributed by atoms with Crippen molar-refractivity contribution in [1.29, 1.82) is 0 Å². The molecule has 0 radical (unpaired) electrons. The molecule has 2 aromatic carbocycles. The summed E-state index contributed by atoms with van der Waals surface area (Å²) in [7, 11) is 0. The van der Waals surface area contributed by atoms with E-state index in [2.05, 4.69) is 24.6 Å². The first-order valence-electron chi connectivity index (χ1n) is 10.6. The normalized spacial score (nSPS) is 15.2. The molecule has 3 N–H and O–H groups in total.